The van der Waals surface area contributed by atoms with Crippen LogP contribution in [-0.4, -0.2) is 57.2 Å². The van der Waals surface area contributed by atoms with E-state index in [0.29, 0.717) is 6.54 Å². The lowest BCUT2D eigenvalue weighted by molar-refractivity contribution is 0.201. The first kappa shape index (κ1) is 18.0. The molecule has 1 rings (SSSR count). The summed E-state index contributed by atoms with van der Waals surface area (Å²) in [5.41, 5.74) is 8.49. The molecule has 0 heterocycles. The van der Waals surface area contributed by atoms with E-state index in [-0.39, 0.29) is 6.04 Å². The van der Waals surface area contributed by atoms with E-state index in [1.807, 2.05) is 6.07 Å². The van der Waals surface area contributed by atoms with Crippen molar-refractivity contribution in [1.29, 1.82) is 0 Å². The van der Waals surface area contributed by atoms with E-state index < -0.39 is 0 Å². The maximum atomic E-state index is 6.05. The van der Waals surface area contributed by atoms with Gasteiger partial charge in [-0.05, 0) is 57.7 Å². The molecule has 0 aliphatic carbocycles. The van der Waals surface area contributed by atoms with Gasteiger partial charge < -0.3 is 15.4 Å². The van der Waals surface area contributed by atoms with E-state index in [9.17, 15) is 0 Å². The summed E-state index contributed by atoms with van der Waals surface area (Å²) in [6.07, 6.45) is 1.16. The number of hydrogen-bond donors (Lipinski definition) is 1. The minimum atomic E-state index is 0.279. The monoisotopic (exact) mass is 293 g/mol. The molecule has 0 radical (unpaired) electrons. The van der Waals surface area contributed by atoms with Gasteiger partial charge in [-0.25, -0.2) is 0 Å². The smallest absolute Gasteiger partial charge is 0.121 e. The molecule has 4 nitrogen and oxygen atoms in total. The zero-order valence-corrected chi connectivity index (χ0v) is 14.2. The van der Waals surface area contributed by atoms with Gasteiger partial charge in [0.2, 0.25) is 0 Å². The van der Waals surface area contributed by atoms with Crippen molar-refractivity contribution in [3.63, 3.8) is 0 Å². The lowest BCUT2D eigenvalue weighted by Crippen LogP contribution is -2.35. The molecule has 0 aliphatic rings. The molecule has 1 aromatic carbocycles. The van der Waals surface area contributed by atoms with Crippen LogP contribution in [0.1, 0.15) is 30.5 Å². The molecule has 4 heteroatoms. The van der Waals surface area contributed by atoms with Crippen LogP contribution in [0.25, 0.3) is 0 Å². The van der Waals surface area contributed by atoms with E-state index in [0.717, 1.165) is 37.4 Å². The normalized spacial score (nSPS) is 13.0. The second kappa shape index (κ2) is 9.03. The van der Waals surface area contributed by atoms with Crippen molar-refractivity contribution in [1.82, 2.24) is 9.80 Å². The molecule has 0 spiro atoms. The van der Waals surface area contributed by atoms with Crippen LogP contribution >= 0.6 is 0 Å². The minimum Gasteiger partial charge on any atom is -0.496 e. The summed E-state index contributed by atoms with van der Waals surface area (Å²) in [6.45, 7) is 8.12. The first-order valence-corrected chi connectivity index (χ1v) is 7.76. The highest BCUT2D eigenvalue weighted by atomic mass is 16.5. The van der Waals surface area contributed by atoms with Crippen molar-refractivity contribution in [2.45, 2.75) is 26.3 Å². The molecule has 21 heavy (non-hydrogen) atoms. The average molecular weight is 293 g/mol. The number of methoxy groups -OCH3 is 1. The zero-order valence-electron chi connectivity index (χ0n) is 14.2. The van der Waals surface area contributed by atoms with Gasteiger partial charge in [0.05, 0.1) is 7.11 Å². The molecule has 120 valence electrons. The van der Waals surface area contributed by atoms with Crippen molar-refractivity contribution in [2.75, 3.05) is 47.4 Å². The predicted octanol–water partition coefficient (Wildman–Crippen LogP) is 2.28. The summed E-state index contributed by atoms with van der Waals surface area (Å²) < 4.78 is 5.34. The molecule has 0 bridgehead atoms. The van der Waals surface area contributed by atoms with E-state index in [1.165, 1.54) is 5.56 Å². The Morgan fingerprint density at radius 3 is 2.43 bits per heavy atom. The van der Waals surface area contributed by atoms with E-state index in [1.54, 1.807) is 7.11 Å². The third-order valence-corrected chi connectivity index (χ3v) is 3.92. The van der Waals surface area contributed by atoms with Gasteiger partial charge in [0.15, 0.2) is 0 Å². The van der Waals surface area contributed by atoms with Crippen molar-refractivity contribution in [3.05, 3.63) is 29.3 Å². The Morgan fingerprint density at radius 2 is 1.95 bits per heavy atom. The summed E-state index contributed by atoms with van der Waals surface area (Å²) >= 11 is 0. The van der Waals surface area contributed by atoms with E-state index in [2.05, 4.69) is 49.9 Å². The Kier molecular flexibility index (Phi) is 7.72. The highest BCUT2D eigenvalue weighted by molar-refractivity contribution is 5.37. The first-order chi connectivity index (χ1) is 10.0. The van der Waals surface area contributed by atoms with Gasteiger partial charge in [-0.1, -0.05) is 19.1 Å². The van der Waals surface area contributed by atoms with Crippen molar-refractivity contribution >= 4 is 0 Å². The Bertz CT molecular complexity index is 420. The Balaban J connectivity index is 2.80. The third kappa shape index (κ3) is 5.30. The van der Waals surface area contributed by atoms with Crippen molar-refractivity contribution in [2.24, 2.45) is 5.73 Å². The van der Waals surface area contributed by atoms with Crippen molar-refractivity contribution < 1.29 is 4.74 Å². The molecule has 1 unspecified atom stereocenters. The number of benzene rings is 1. The standard InChI is InChI=1S/C17H31N3O/c1-6-20(11-7-10-19(3)4)16(13-18)15-8-9-17(21-5)14(2)12-15/h8-9,12,16H,6-7,10-11,13,18H2,1-5H3. The fourth-order valence-electron chi connectivity index (χ4n) is 2.73. The summed E-state index contributed by atoms with van der Waals surface area (Å²) in [6, 6.07) is 6.66. The SMILES string of the molecule is CCN(CCCN(C)C)C(CN)c1ccc(OC)c(C)c1. The van der Waals surface area contributed by atoms with Crippen LogP contribution in [0.5, 0.6) is 5.75 Å². The van der Waals surface area contributed by atoms with Crippen LogP contribution < -0.4 is 10.5 Å². The van der Waals surface area contributed by atoms with Crippen LogP contribution in [0.4, 0.5) is 0 Å². The highest BCUT2D eigenvalue weighted by Gasteiger charge is 2.18. The molecule has 0 saturated carbocycles. The number of aryl methyl sites for hydroxylation is 1. The predicted molar refractivity (Wildman–Crippen MR) is 89.9 cm³/mol. The third-order valence-electron chi connectivity index (χ3n) is 3.92. The van der Waals surface area contributed by atoms with E-state index in [4.69, 9.17) is 10.5 Å². The van der Waals surface area contributed by atoms with Gasteiger partial charge in [-0.2, -0.15) is 0 Å². The second-order valence-corrected chi connectivity index (χ2v) is 5.77. The van der Waals surface area contributed by atoms with Crippen LogP contribution in [-0.2, 0) is 0 Å². The van der Waals surface area contributed by atoms with Gasteiger partial charge in [-0.3, -0.25) is 4.90 Å². The lowest BCUT2D eigenvalue weighted by Gasteiger charge is -2.31. The van der Waals surface area contributed by atoms with Crippen LogP contribution in [0.15, 0.2) is 18.2 Å². The molecular weight excluding hydrogens is 262 g/mol. The Labute approximate surface area is 129 Å². The molecule has 0 fully saturated rings. The fourth-order valence-corrected chi connectivity index (χ4v) is 2.73. The molecule has 0 aliphatic heterocycles. The molecule has 0 amide bonds. The van der Waals surface area contributed by atoms with Gasteiger partial charge in [0.1, 0.15) is 5.75 Å². The summed E-state index contributed by atoms with van der Waals surface area (Å²) in [7, 11) is 5.94. The number of ether oxygens (including phenoxy) is 1. The maximum absolute atomic E-state index is 6.05. The molecule has 0 aromatic heterocycles. The summed E-state index contributed by atoms with van der Waals surface area (Å²) in [4.78, 5) is 4.69. The first-order valence-electron chi connectivity index (χ1n) is 7.76. The number of rotatable bonds is 9. The van der Waals surface area contributed by atoms with Crippen LogP contribution in [0, 0.1) is 6.92 Å². The summed E-state index contributed by atoms with van der Waals surface area (Å²) in [5, 5.41) is 0. The number of nitrogens with zero attached hydrogens (tertiary/aromatic N) is 2. The van der Waals surface area contributed by atoms with Crippen LogP contribution in [0.3, 0.4) is 0 Å². The largest absolute Gasteiger partial charge is 0.496 e. The number of nitrogens with two attached hydrogens (primary N) is 1. The van der Waals surface area contributed by atoms with E-state index >= 15 is 0 Å². The maximum Gasteiger partial charge on any atom is 0.121 e. The second-order valence-electron chi connectivity index (χ2n) is 5.77. The average Bonchev–Trinajstić information content (AvgIpc) is 2.46. The highest BCUT2D eigenvalue weighted by Crippen LogP contribution is 2.25. The van der Waals surface area contributed by atoms with Crippen molar-refractivity contribution in [3.8, 4) is 5.75 Å². The quantitative estimate of drug-likeness (QED) is 0.758. The molecule has 0 saturated heterocycles. The van der Waals surface area contributed by atoms with Gasteiger partial charge in [0, 0.05) is 19.1 Å². The van der Waals surface area contributed by atoms with Gasteiger partial charge in [-0.15, -0.1) is 0 Å². The minimum absolute atomic E-state index is 0.279. The zero-order chi connectivity index (χ0) is 15.8. The molecular formula is C17H31N3O. The van der Waals surface area contributed by atoms with Gasteiger partial charge in [0.25, 0.3) is 0 Å². The topological polar surface area (TPSA) is 41.7 Å². The van der Waals surface area contributed by atoms with Crippen LogP contribution in [0.2, 0.25) is 0 Å². The molecule has 2 N–H and O–H groups in total. The fraction of sp³-hybridized carbons (Fsp3) is 0.647. The lowest BCUT2D eigenvalue weighted by atomic mass is 10.0. The molecule has 1 aromatic rings. The Morgan fingerprint density at radius 1 is 1.24 bits per heavy atom. The summed E-state index contributed by atoms with van der Waals surface area (Å²) in [5.74, 6) is 0.935. The van der Waals surface area contributed by atoms with Gasteiger partial charge >= 0.3 is 0 Å². The number of likely N-dealkylation sites (N-methyl/N-ethyl adjacent to an activating group) is 1. The number of hydrogen-bond acceptors (Lipinski definition) is 4. The Hall–Kier alpha value is -1.10. The molecule has 1 atom stereocenters.